The second-order valence-electron chi connectivity index (χ2n) is 4.88. The van der Waals surface area contributed by atoms with Gasteiger partial charge in [0.2, 0.25) is 0 Å². The SMILES string of the molecule is OCC(NCc1cnc2ccccc2n1)c1ccccc1. The second-order valence-corrected chi connectivity index (χ2v) is 4.88. The molecule has 0 spiro atoms. The number of hydrogen-bond acceptors (Lipinski definition) is 4. The Hall–Kier alpha value is -2.30. The lowest BCUT2D eigenvalue weighted by Crippen LogP contribution is -2.24. The first-order valence-electron chi connectivity index (χ1n) is 6.96. The van der Waals surface area contributed by atoms with Crippen molar-refractivity contribution < 1.29 is 5.11 Å². The third-order valence-electron chi connectivity index (χ3n) is 3.41. The van der Waals surface area contributed by atoms with Crippen molar-refractivity contribution in [3.05, 3.63) is 72.1 Å². The van der Waals surface area contributed by atoms with Gasteiger partial charge in [-0.1, -0.05) is 42.5 Å². The summed E-state index contributed by atoms with van der Waals surface area (Å²) >= 11 is 0. The van der Waals surface area contributed by atoms with Gasteiger partial charge < -0.3 is 10.4 Å². The van der Waals surface area contributed by atoms with E-state index in [9.17, 15) is 5.11 Å². The average molecular weight is 279 g/mol. The Morgan fingerprint density at radius 2 is 1.67 bits per heavy atom. The summed E-state index contributed by atoms with van der Waals surface area (Å²) in [4.78, 5) is 8.96. The van der Waals surface area contributed by atoms with E-state index in [1.807, 2.05) is 54.6 Å². The van der Waals surface area contributed by atoms with Gasteiger partial charge in [0, 0.05) is 6.54 Å². The number of nitrogens with zero attached hydrogens (tertiary/aromatic N) is 2. The number of nitrogens with one attached hydrogen (secondary N) is 1. The molecule has 3 rings (SSSR count). The van der Waals surface area contributed by atoms with Crippen molar-refractivity contribution in [2.24, 2.45) is 0 Å². The van der Waals surface area contributed by atoms with Crippen molar-refractivity contribution in [3.8, 4) is 0 Å². The van der Waals surface area contributed by atoms with Crippen molar-refractivity contribution >= 4 is 11.0 Å². The first-order valence-corrected chi connectivity index (χ1v) is 6.96. The highest BCUT2D eigenvalue weighted by Crippen LogP contribution is 2.13. The Kier molecular flexibility index (Phi) is 4.19. The van der Waals surface area contributed by atoms with Gasteiger partial charge in [0.15, 0.2) is 0 Å². The topological polar surface area (TPSA) is 58.0 Å². The van der Waals surface area contributed by atoms with Crippen LogP contribution in [0.3, 0.4) is 0 Å². The van der Waals surface area contributed by atoms with Gasteiger partial charge in [-0.05, 0) is 17.7 Å². The molecule has 0 radical (unpaired) electrons. The fourth-order valence-electron chi connectivity index (χ4n) is 2.28. The molecule has 2 aromatic carbocycles. The lowest BCUT2D eigenvalue weighted by Gasteiger charge is -2.16. The lowest BCUT2D eigenvalue weighted by atomic mass is 10.1. The van der Waals surface area contributed by atoms with E-state index in [0.717, 1.165) is 22.3 Å². The van der Waals surface area contributed by atoms with Crippen LogP contribution < -0.4 is 5.32 Å². The van der Waals surface area contributed by atoms with E-state index in [4.69, 9.17) is 0 Å². The molecule has 0 aliphatic carbocycles. The van der Waals surface area contributed by atoms with Crippen LogP contribution in [-0.4, -0.2) is 21.7 Å². The minimum Gasteiger partial charge on any atom is -0.394 e. The first-order chi connectivity index (χ1) is 10.4. The number of aromatic nitrogens is 2. The van der Waals surface area contributed by atoms with Gasteiger partial charge in [-0.2, -0.15) is 0 Å². The molecule has 1 heterocycles. The molecule has 0 aliphatic rings. The Balaban J connectivity index is 1.73. The van der Waals surface area contributed by atoms with Crippen LogP contribution in [0.2, 0.25) is 0 Å². The molecule has 0 saturated heterocycles. The molecule has 2 N–H and O–H groups in total. The zero-order valence-electron chi connectivity index (χ0n) is 11.6. The maximum Gasteiger partial charge on any atom is 0.0890 e. The van der Waals surface area contributed by atoms with E-state index in [1.165, 1.54) is 0 Å². The van der Waals surface area contributed by atoms with Crippen molar-refractivity contribution in [1.29, 1.82) is 0 Å². The Morgan fingerprint density at radius 3 is 2.43 bits per heavy atom. The molecule has 0 amide bonds. The Labute approximate surface area is 123 Å². The lowest BCUT2D eigenvalue weighted by molar-refractivity contribution is 0.243. The molecule has 4 heteroatoms. The van der Waals surface area contributed by atoms with E-state index < -0.39 is 0 Å². The van der Waals surface area contributed by atoms with E-state index in [1.54, 1.807) is 6.20 Å². The minimum atomic E-state index is -0.0977. The highest BCUT2D eigenvalue weighted by molar-refractivity contribution is 5.73. The molecule has 0 aliphatic heterocycles. The Bertz CT molecular complexity index is 715. The zero-order valence-corrected chi connectivity index (χ0v) is 11.6. The van der Waals surface area contributed by atoms with Crippen LogP contribution >= 0.6 is 0 Å². The molecule has 1 unspecified atom stereocenters. The van der Waals surface area contributed by atoms with Crippen LogP contribution in [0.15, 0.2) is 60.8 Å². The molecular weight excluding hydrogens is 262 g/mol. The molecule has 106 valence electrons. The number of hydrogen-bond donors (Lipinski definition) is 2. The number of rotatable bonds is 5. The molecule has 3 aromatic rings. The van der Waals surface area contributed by atoms with E-state index in [-0.39, 0.29) is 12.6 Å². The molecule has 0 bridgehead atoms. The van der Waals surface area contributed by atoms with Gasteiger partial charge in [0.25, 0.3) is 0 Å². The summed E-state index contributed by atoms with van der Waals surface area (Å²) in [6, 6.07) is 17.6. The van der Waals surface area contributed by atoms with E-state index in [2.05, 4.69) is 15.3 Å². The average Bonchev–Trinajstić information content (AvgIpc) is 2.56. The van der Waals surface area contributed by atoms with E-state index >= 15 is 0 Å². The number of para-hydroxylation sites is 2. The summed E-state index contributed by atoms with van der Waals surface area (Å²) in [5, 5.41) is 12.8. The molecule has 0 fully saturated rings. The summed E-state index contributed by atoms with van der Waals surface area (Å²) in [7, 11) is 0. The number of aliphatic hydroxyl groups excluding tert-OH is 1. The highest BCUT2D eigenvalue weighted by atomic mass is 16.3. The monoisotopic (exact) mass is 279 g/mol. The van der Waals surface area contributed by atoms with Crippen LogP contribution in [-0.2, 0) is 6.54 Å². The molecule has 21 heavy (non-hydrogen) atoms. The van der Waals surface area contributed by atoms with Gasteiger partial charge >= 0.3 is 0 Å². The predicted molar refractivity (Wildman–Crippen MR) is 82.6 cm³/mol. The molecule has 1 atom stereocenters. The normalized spacial score (nSPS) is 12.4. The van der Waals surface area contributed by atoms with Gasteiger partial charge in [0.1, 0.15) is 0 Å². The van der Waals surface area contributed by atoms with Crippen LogP contribution in [0.25, 0.3) is 11.0 Å². The van der Waals surface area contributed by atoms with Crippen molar-refractivity contribution in [1.82, 2.24) is 15.3 Å². The summed E-state index contributed by atoms with van der Waals surface area (Å²) in [5.74, 6) is 0. The van der Waals surface area contributed by atoms with Crippen molar-refractivity contribution in [2.75, 3.05) is 6.61 Å². The largest absolute Gasteiger partial charge is 0.394 e. The fourth-order valence-corrected chi connectivity index (χ4v) is 2.28. The van der Waals surface area contributed by atoms with Crippen LogP contribution in [0.4, 0.5) is 0 Å². The third-order valence-corrected chi connectivity index (χ3v) is 3.41. The number of benzene rings is 2. The molecule has 4 nitrogen and oxygen atoms in total. The van der Waals surface area contributed by atoms with Crippen molar-refractivity contribution in [2.45, 2.75) is 12.6 Å². The van der Waals surface area contributed by atoms with Gasteiger partial charge in [-0.25, -0.2) is 4.98 Å². The maximum atomic E-state index is 9.53. The summed E-state index contributed by atoms with van der Waals surface area (Å²) in [6.07, 6.45) is 1.77. The third kappa shape index (κ3) is 3.24. The zero-order chi connectivity index (χ0) is 14.5. The number of aliphatic hydroxyl groups is 1. The van der Waals surface area contributed by atoms with Gasteiger partial charge in [0.05, 0.1) is 35.6 Å². The van der Waals surface area contributed by atoms with Crippen molar-refractivity contribution in [3.63, 3.8) is 0 Å². The standard InChI is InChI=1S/C17H17N3O/c21-12-17(13-6-2-1-3-7-13)19-11-14-10-18-15-8-4-5-9-16(15)20-14/h1-10,17,19,21H,11-12H2. The second kappa shape index (κ2) is 6.43. The smallest absolute Gasteiger partial charge is 0.0890 e. The summed E-state index contributed by atoms with van der Waals surface area (Å²) in [5.41, 5.74) is 3.71. The molecule has 1 aromatic heterocycles. The maximum absolute atomic E-state index is 9.53. The number of fused-ring (bicyclic) bond motifs is 1. The van der Waals surface area contributed by atoms with Gasteiger partial charge in [-0.3, -0.25) is 4.98 Å². The highest BCUT2D eigenvalue weighted by Gasteiger charge is 2.09. The Morgan fingerprint density at radius 1 is 0.952 bits per heavy atom. The predicted octanol–water partition coefficient (Wildman–Crippen LogP) is 2.45. The van der Waals surface area contributed by atoms with Crippen LogP contribution in [0.5, 0.6) is 0 Å². The summed E-state index contributed by atoms with van der Waals surface area (Å²) in [6.45, 7) is 0.614. The fraction of sp³-hybridized carbons (Fsp3) is 0.176. The molecule has 0 saturated carbocycles. The van der Waals surface area contributed by atoms with Gasteiger partial charge in [-0.15, -0.1) is 0 Å². The van der Waals surface area contributed by atoms with E-state index in [0.29, 0.717) is 6.54 Å². The quantitative estimate of drug-likeness (QED) is 0.753. The first kappa shape index (κ1) is 13.7. The minimum absolute atomic E-state index is 0.0466. The molecular formula is C17H17N3O. The summed E-state index contributed by atoms with van der Waals surface area (Å²) < 4.78 is 0. The van der Waals surface area contributed by atoms with Crippen LogP contribution in [0, 0.1) is 0 Å². The van der Waals surface area contributed by atoms with Crippen LogP contribution in [0.1, 0.15) is 17.3 Å².